The monoisotopic (exact) mass is 371 g/mol. The van der Waals surface area contributed by atoms with Crippen molar-refractivity contribution < 1.29 is 13.3 Å². The molecule has 7 nitrogen and oxygen atoms in total. The van der Waals surface area contributed by atoms with Gasteiger partial charge in [0.15, 0.2) is 5.03 Å². The fourth-order valence-electron chi connectivity index (χ4n) is 1.65. The highest BCUT2D eigenvalue weighted by Crippen LogP contribution is 2.24. The first kappa shape index (κ1) is 15.5. The van der Waals surface area contributed by atoms with Gasteiger partial charge >= 0.3 is 0 Å². The molecule has 0 aliphatic carbocycles. The second-order valence-corrected chi connectivity index (χ2v) is 6.80. The normalized spacial score (nSPS) is 11.3. The number of nitrogens with zero attached hydrogens (tertiary/aromatic N) is 2. The molecule has 0 bridgehead atoms. The van der Waals surface area contributed by atoms with Crippen LogP contribution in [0.5, 0.6) is 0 Å². The maximum atomic E-state index is 12.4. The molecule has 0 atom stereocenters. The van der Waals surface area contributed by atoms with Crippen LogP contribution in [-0.2, 0) is 16.4 Å². The molecule has 0 aliphatic heterocycles. The fourth-order valence-corrected chi connectivity index (χ4v) is 3.51. The quantitative estimate of drug-likeness (QED) is 0.499. The van der Waals surface area contributed by atoms with E-state index in [1.165, 1.54) is 18.2 Å². The molecule has 0 radical (unpaired) electrons. The van der Waals surface area contributed by atoms with Crippen LogP contribution in [0.15, 0.2) is 50.9 Å². The van der Waals surface area contributed by atoms with Crippen molar-refractivity contribution in [3.05, 3.63) is 56.7 Å². The summed E-state index contributed by atoms with van der Waals surface area (Å²) in [5.74, 6) is 0. The van der Waals surface area contributed by atoms with E-state index in [1.54, 1.807) is 6.07 Å². The zero-order valence-electron chi connectivity index (χ0n) is 10.6. The molecule has 0 spiro atoms. The summed E-state index contributed by atoms with van der Waals surface area (Å²) in [6, 6.07) is 7.62. The van der Waals surface area contributed by atoms with E-state index in [2.05, 4.69) is 20.9 Å². The van der Waals surface area contributed by atoms with Crippen molar-refractivity contribution in [2.75, 3.05) is 0 Å². The van der Waals surface area contributed by atoms with Crippen LogP contribution in [0.1, 0.15) is 5.56 Å². The minimum Gasteiger partial charge on any atom is -0.326 e. The average molecular weight is 372 g/mol. The molecular weight excluding hydrogens is 362 g/mol. The van der Waals surface area contributed by atoms with Gasteiger partial charge in [-0.1, -0.05) is 0 Å². The largest absolute Gasteiger partial charge is 0.326 e. The molecular formula is C12H10BrN3O4S. The highest BCUT2D eigenvalue weighted by molar-refractivity contribution is 9.10. The summed E-state index contributed by atoms with van der Waals surface area (Å²) < 4.78 is 25.2. The molecule has 21 heavy (non-hydrogen) atoms. The van der Waals surface area contributed by atoms with Gasteiger partial charge < -0.3 is 5.73 Å². The van der Waals surface area contributed by atoms with E-state index in [9.17, 15) is 18.5 Å². The number of benzene rings is 1. The van der Waals surface area contributed by atoms with Crippen molar-refractivity contribution >= 4 is 31.5 Å². The Labute approximate surface area is 129 Å². The number of hydrogen-bond donors (Lipinski definition) is 1. The molecule has 1 aromatic heterocycles. The molecule has 2 rings (SSSR count). The number of pyridine rings is 1. The lowest BCUT2D eigenvalue weighted by Gasteiger charge is -2.06. The van der Waals surface area contributed by atoms with Crippen molar-refractivity contribution in [2.45, 2.75) is 16.5 Å². The van der Waals surface area contributed by atoms with Crippen molar-refractivity contribution in [3.8, 4) is 0 Å². The van der Waals surface area contributed by atoms with Gasteiger partial charge in [0.25, 0.3) is 5.69 Å². The number of non-ortho nitro benzene ring substituents is 1. The Morgan fingerprint density at radius 1 is 1.24 bits per heavy atom. The predicted octanol–water partition coefficient (Wildman–Crippen LogP) is 2.04. The number of rotatable bonds is 4. The lowest BCUT2D eigenvalue weighted by atomic mass is 10.3. The molecule has 0 fully saturated rings. The lowest BCUT2D eigenvalue weighted by molar-refractivity contribution is -0.384. The van der Waals surface area contributed by atoms with Crippen LogP contribution < -0.4 is 5.73 Å². The summed E-state index contributed by atoms with van der Waals surface area (Å²) in [5, 5.41) is 10.4. The maximum Gasteiger partial charge on any atom is 0.269 e. The van der Waals surface area contributed by atoms with E-state index in [4.69, 9.17) is 5.73 Å². The van der Waals surface area contributed by atoms with Gasteiger partial charge in [0.1, 0.15) is 4.60 Å². The molecule has 0 saturated heterocycles. The summed E-state index contributed by atoms with van der Waals surface area (Å²) in [6.45, 7) is 0.171. The van der Waals surface area contributed by atoms with E-state index < -0.39 is 14.8 Å². The van der Waals surface area contributed by atoms with Crippen LogP contribution in [0.4, 0.5) is 5.69 Å². The molecule has 1 heterocycles. The van der Waals surface area contributed by atoms with Gasteiger partial charge in [-0.05, 0) is 45.8 Å². The predicted molar refractivity (Wildman–Crippen MR) is 78.4 cm³/mol. The van der Waals surface area contributed by atoms with E-state index in [-0.39, 0.29) is 22.2 Å². The standard InChI is InChI=1S/C12H10BrN3O4S/c13-11-5-8(7-14)6-12(15-11)21(19,20)10-3-1-9(2-4-10)16(17)18/h1-6H,7,14H2. The third kappa shape index (κ3) is 3.26. The summed E-state index contributed by atoms with van der Waals surface area (Å²) >= 11 is 3.13. The zero-order valence-corrected chi connectivity index (χ0v) is 13.0. The Morgan fingerprint density at radius 2 is 1.86 bits per heavy atom. The molecule has 0 amide bonds. The smallest absolute Gasteiger partial charge is 0.269 e. The molecule has 110 valence electrons. The second kappa shape index (κ2) is 5.88. The Balaban J connectivity index is 2.51. The first-order valence-electron chi connectivity index (χ1n) is 5.70. The minimum atomic E-state index is -3.86. The molecule has 2 aromatic rings. The summed E-state index contributed by atoms with van der Waals surface area (Å²) in [4.78, 5) is 13.8. The van der Waals surface area contributed by atoms with E-state index >= 15 is 0 Å². The van der Waals surface area contributed by atoms with Gasteiger partial charge in [-0.2, -0.15) is 0 Å². The fraction of sp³-hybridized carbons (Fsp3) is 0.0833. The lowest BCUT2D eigenvalue weighted by Crippen LogP contribution is -2.07. The zero-order chi connectivity index (χ0) is 15.6. The minimum absolute atomic E-state index is 0.0679. The van der Waals surface area contributed by atoms with Gasteiger partial charge in [-0.15, -0.1) is 0 Å². The van der Waals surface area contributed by atoms with Crippen molar-refractivity contribution in [1.82, 2.24) is 4.98 Å². The number of nitro groups is 1. The van der Waals surface area contributed by atoms with Crippen molar-refractivity contribution in [3.63, 3.8) is 0 Å². The van der Waals surface area contributed by atoms with E-state index in [1.807, 2.05) is 0 Å². The molecule has 0 aliphatic rings. The Kier molecular flexibility index (Phi) is 4.35. The number of nitrogens with two attached hydrogens (primary N) is 1. The number of hydrogen-bond acceptors (Lipinski definition) is 6. The van der Waals surface area contributed by atoms with Gasteiger partial charge in [0.2, 0.25) is 9.84 Å². The van der Waals surface area contributed by atoms with E-state index in [0.29, 0.717) is 10.2 Å². The van der Waals surface area contributed by atoms with Crippen LogP contribution in [0, 0.1) is 10.1 Å². The Bertz CT molecular complexity index is 791. The van der Waals surface area contributed by atoms with Crippen LogP contribution in [0.2, 0.25) is 0 Å². The SMILES string of the molecule is NCc1cc(Br)nc(S(=O)(=O)c2ccc([N+](=O)[O-])cc2)c1. The van der Waals surface area contributed by atoms with Crippen LogP contribution in [0.3, 0.4) is 0 Å². The molecule has 2 N–H and O–H groups in total. The van der Waals surface area contributed by atoms with Crippen LogP contribution >= 0.6 is 15.9 Å². The highest BCUT2D eigenvalue weighted by atomic mass is 79.9. The number of nitro benzene ring substituents is 1. The van der Waals surface area contributed by atoms with Crippen LogP contribution in [0.25, 0.3) is 0 Å². The first-order valence-corrected chi connectivity index (χ1v) is 7.98. The summed E-state index contributed by atoms with van der Waals surface area (Å²) in [6.07, 6.45) is 0. The number of sulfone groups is 1. The first-order chi connectivity index (χ1) is 9.84. The number of halogens is 1. The third-order valence-electron chi connectivity index (χ3n) is 2.70. The van der Waals surface area contributed by atoms with Crippen molar-refractivity contribution in [1.29, 1.82) is 0 Å². The van der Waals surface area contributed by atoms with Gasteiger partial charge in [-0.3, -0.25) is 10.1 Å². The van der Waals surface area contributed by atoms with Crippen LogP contribution in [-0.4, -0.2) is 18.3 Å². The average Bonchev–Trinajstić information content (AvgIpc) is 2.46. The molecule has 9 heteroatoms. The molecule has 0 unspecified atom stereocenters. The second-order valence-electron chi connectivity index (χ2n) is 4.09. The van der Waals surface area contributed by atoms with Gasteiger partial charge in [-0.25, -0.2) is 13.4 Å². The maximum absolute atomic E-state index is 12.4. The van der Waals surface area contributed by atoms with Gasteiger partial charge in [0.05, 0.1) is 9.82 Å². The summed E-state index contributed by atoms with van der Waals surface area (Å²) in [5.41, 5.74) is 5.93. The molecule has 1 aromatic carbocycles. The Hall–Kier alpha value is -1.84. The third-order valence-corrected chi connectivity index (χ3v) is 4.76. The van der Waals surface area contributed by atoms with E-state index in [0.717, 1.165) is 12.1 Å². The Morgan fingerprint density at radius 3 is 2.38 bits per heavy atom. The van der Waals surface area contributed by atoms with Gasteiger partial charge in [0, 0.05) is 18.7 Å². The number of aromatic nitrogens is 1. The highest BCUT2D eigenvalue weighted by Gasteiger charge is 2.21. The topological polar surface area (TPSA) is 116 Å². The molecule has 0 saturated carbocycles. The van der Waals surface area contributed by atoms with Crippen molar-refractivity contribution in [2.24, 2.45) is 5.73 Å². The summed E-state index contributed by atoms with van der Waals surface area (Å²) in [7, 11) is -3.86.